The predicted octanol–water partition coefficient (Wildman–Crippen LogP) is 3.59. The van der Waals surface area contributed by atoms with Crippen LogP contribution in [0.25, 0.3) is 0 Å². The smallest absolute Gasteiger partial charge is 0.340 e. The molecule has 0 radical (unpaired) electrons. The SMILES string of the molecule is COC(=O)c1cc(N)ccc1Nc1ccc(F)cc1Cl. The molecule has 0 saturated carbocycles. The van der Waals surface area contributed by atoms with Gasteiger partial charge in [-0.3, -0.25) is 0 Å². The molecule has 0 aliphatic carbocycles. The maximum Gasteiger partial charge on any atom is 0.340 e. The van der Waals surface area contributed by atoms with E-state index in [9.17, 15) is 9.18 Å². The third kappa shape index (κ3) is 3.00. The Bertz CT molecular complexity index is 662. The van der Waals surface area contributed by atoms with Crippen LogP contribution in [0.4, 0.5) is 21.5 Å². The normalized spacial score (nSPS) is 10.2. The molecular formula is C14H12ClFN2O2. The maximum atomic E-state index is 13.0. The van der Waals surface area contributed by atoms with Crippen molar-refractivity contribution in [3.63, 3.8) is 0 Å². The Morgan fingerprint density at radius 2 is 1.95 bits per heavy atom. The van der Waals surface area contributed by atoms with Crippen LogP contribution in [0.5, 0.6) is 0 Å². The Morgan fingerprint density at radius 1 is 1.25 bits per heavy atom. The first-order valence-electron chi connectivity index (χ1n) is 5.71. The van der Waals surface area contributed by atoms with Crippen molar-refractivity contribution < 1.29 is 13.9 Å². The van der Waals surface area contributed by atoms with Gasteiger partial charge in [0.05, 0.1) is 29.1 Å². The van der Waals surface area contributed by atoms with E-state index in [4.69, 9.17) is 22.1 Å². The van der Waals surface area contributed by atoms with Crippen LogP contribution in [0.1, 0.15) is 10.4 Å². The zero-order valence-electron chi connectivity index (χ0n) is 10.6. The number of hydrogen-bond acceptors (Lipinski definition) is 4. The number of esters is 1. The Kier molecular flexibility index (Phi) is 4.10. The van der Waals surface area contributed by atoms with Gasteiger partial charge in [0.25, 0.3) is 0 Å². The molecule has 0 aromatic heterocycles. The number of hydrogen-bond donors (Lipinski definition) is 2. The summed E-state index contributed by atoms with van der Waals surface area (Å²) in [5, 5.41) is 3.16. The molecule has 0 unspecified atom stereocenters. The van der Waals surface area contributed by atoms with Crippen molar-refractivity contribution in [3.8, 4) is 0 Å². The zero-order valence-corrected chi connectivity index (χ0v) is 11.4. The van der Waals surface area contributed by atoms with Crippen LogP contribution < -0.4 is 11.1 Å². The topological polar surface area (TPSA) is 64.3 Å². The number of anilines is 3. The molecule has 0 bridgehead atoms. The lowest BCUT2D eigenvalue weighted by Gasteiger charge is -2.12. The molecule has 2 aromatic carbocycles. The fourth-order valence-corrected chi connectivity index (χ4v) is 1.90. The number of ether oxygens (including phenoxy) is 1. The summed E-state index contributed by atoms with van der Waals surface area (Å²) in [5.41, 5.74) is 7.30. The Balaban J connectivity index is 2.40. The van der Waals surface area contributed by atoms with Gasteiger partial charge in [-0.2, -0.15) is 0 Å². The number of rotatable bonds is 3. The first-order valence-corrected chi connectivity index (χ1v) is 6.09. The number of nitrogens with two attached hydrogens (primary N) is 1. The van der Waals surface area contributed by atoms with Crippen LogP contribution in [0.2, 0.25) is 5.02 Å². The minimum atomic E-state index is -0.530. The highest BCUT2D eigenvalue weighted by atomic mass is 35.5. The van der Waals surface area contributed by atoms with E-state index in [0.29, 0.717) is 17.1 Å². The van der Waals surface area contributed by atoms with Gasteiger partial charge in [-0.05, 0) is 36.4 Å². The average molecular weight is 295 g/mol. The standard InChI is InChI=1S/C14H12ClFN2O2/c1-20-14(19)10-7-9(17)3-5-12(10)18-13-4-2-8(16)6-11(13)15/h2-7,18H,17H2,1H3. The molecule has 0 spiro atoms. The minimum absolute atomic E-state index is 0.206. The van der Waals surface area contributed by atoms with Crippen molar-refractivity contribution in [1.82, 2.24) is 0 Å². The van der Waals surface area contributed by atoms with Gasteiger partial charge in [-0.25, -0.2) is 9.18 Å². The number of carbonyl (C=O) groups excluding carboxylic acids is 1. The summed E-state index contributed by atoms with van der Waals surface area (Å²) in [6, 6.07) is 8.68. The van der Waals surface area contributed by atoms with Crippen LogP contribution in [-0.2, 0) is 4.74 Å². The molecule has 0 atom stereocenters. The van der Waals surface area contributed by atoms with Crippen LogP contribution >= 0.6 is 11.6 Å². The molecule has 0 aliphatic heterocycles. The lowest BCUT2D eigenvalue weighted by atomic mass is 10.1. The van der Waals surface area contributed by atoms with E-state index < -0.39 is 11.8 Å². The summed E-state index contributed by atoms with van der Waals surface area (Å²) in [4.78, 5) is 11.7. The van der Waals surface area contributed by atoms with Crippen LogP contribution in [-0.4, -0.2) is 13.1 Å². The van der Waals surface area contributed by atoms with E-state index in [1.54, 1.807) is 12.1 Å². The Labute approximate surface area is 120 Å². The molecular weight excluding hydrogens is 283 g/mol. The van der Waals surface area contributed by atoms with E-state index >= 15 is 0 Å². The van der Waals surface area contributed by atoms with Gasteiger partial charge in [-0.1, -0.05) is 11.6 Å². The van der Waals surface area contributed by atoms with Gasteiger partial charge >= 0.3 is 5.97 Å². The second kappa shape index (κ2) is 5.79. The van der Waals surface area contributed by atoms with Crippen molar-refractivity contribution in [2.75, 3.05) is 18.2 Å². The Morgan fingerprint density at radius 3 is 2.60 bits per heavy atom. The van der Waals surface area contributed by atoms with Crippen molar-refractivity contribution >= 4 is 34.6 Å². The number of nitrogen functional groups attached to an aromatic ring is 1. The maximum absolute atomic E-state index is 13.0. The lowest BCUT2D eigenvalue weighted by Crippen LogP contribution is -2.06. The molecule has 0 amide bonds. The van der Waals surface area contributed by atoms with Crippen LogP contribution in [0, 0.1) is 5.82 Å². The molecule has 3 N–H and O–H groups in total. The lowest BCUT2D eigenvalue weighted by molar-refractivity contribution is 0.0602. The summed E-state index contributed by atoms with van der Waals surface area (Å²) in [7, 11) is 1.28. The molecule has 0 aliphatic rings. The van der Waals surface area contributed by atoms with Crippen molar-refractivity contribution in [2.45, 2.75) is 0 Å². The zero-order chi connectivity index (χ0) is 14.7. The quantitative estimate of drug-likeness (QED) is 0.671. The first-order chi connectivity index (χ1) is 9.51. The van der Waals surface area contributed by atoms with Gasteiger partial charge in [0.15, 0.2) is 0 Å². The van der Waals surface area contributed by atoms with Crippen molar-refractivity contribution in [2.24, 2.45) is 0 Å². The number of carbonyl (C=O) groups is 1. The number of methoxy groups -OCH3 is 1. The molecule has 0 heterocycles. The minimum Gasteiger partial charge on any atom is -0.465 e. The van der Waals surface area contributed by atoms with Gasteiger partial charge in [0.2, 0.25) is 0 Å². The summed E-state index contributed by atoms with van der Waals surface area (Å²) in [6.45, 7) is 0. The van der Waals surface area contributed by atoms with Crippen LogP contribution in [0.15, 0.2) is 36.4 Å². The van der Waals surface area contributed by atoms with Gasteiger partial charge in [0.1, 0.15) is 5.82 Å². The highest BCUT2D eigenvalue weighted by Gasteiger charge is 2.13. The highest BCUT2D eigenvalue weighted by Crippen LogP contribution is 2.29. The summed E-state index contributed by atoms with van der Waals surface area (Å²) >= 11 is 5.93. The molecule has 6 heteroatoms. The van der Waals surface area contributed by atoms with E-state index in [1.165, 1.54) is 31.4 Å². The summed E-state index contributed by atoms with van der Waals surface area (Å²) in [6.07, 6.45) is 0. The third-order valence-corrected chi connectivity index (χ3v) is 2.96. The molecule has 20 heavy (non-hydrogen) atoms. The molecule has 2 aromatic rings. The van der Waals surface area contributed by atoms with E-state index in [-0.39, 0.29) is 10.6 Å². The number of nitrogens with one attached hydrogen (secondary N) is 1. The fourth-order valence-electron chi connectivity index (χ4n) is 1.69. The largest absolute Gasteiger partial charge is 0.465 e. The molecule has 2 rings (SSSR count). The molecule has 0 fully saturated rings. The first kappa shape index (κ1) is 14.1. The highest BCUT2D eigenvalue weighted by molar-refractivity contribution is 6.33. The van der Waals surface area contributed by atoms with Crippen molar-refractivity contribution in [1.29, 1.82) is 0 Å². The molecule has 104 valence electrons. The second-order valence-electron chi connectivity index (χ2n) is 4.05. The monoisotopic (exact) mass is 294 g/mol. The van der Waals surface area contributed by atoms with E-state index in [0.717, 1.165) is 0 Å². The summed E-state index contributed by atoms with van der Waals surface area (Å²) < 4.78 is 17.7. The van der Waals surface area contributed by atoms with Crippen molar-refractivity contribution in [3.05, 3.63) is 52.8 Å². The van der Waals surface area contributed by atoms with Gasteiger partial charge in [-0.15, -0.1) is 0 Å². The molecule has 4 nitrogen and oxygen atoms in total. The number of benzene rings is 2. The Hall–Kier alpha value is -2.27. The van der Waals surface area contributed by atoms with E-state index in [2.05, 4.69) is 5.32 Å². The fraction of sp³-hybridized carbons (Fsp3) is 0.0714. The predicted molar refractivity (Wildman–Crippen MR) is 76.9 cm³/mol. The average Bonchev–Trinajstić information content (AvgIpc) is 2.42. The summed E-state index contributed by atoms with van der Waals surface area (Å²) in [5.74, 6) is -0.968. The van der Waals surface area contributed by atoms with Crippen LogP contribution in [0.3, 0.4) is 0 Å². The van der Waals surface area contributed by atoms with Gasteiger partial charge < -0.3 is 15.8 Å². The van der Waals surface area contributed by atoms with E-state index in [1.807, 2.05) is 0 Å². The third-order valence-electron chi connectivity index (χ3n) is 2.65. The second-order valence-corrected chi connectivity index (χ2v) is 4.45. The van der Waals surface area contributed by atoms with Gasteiger partial charge in [0, 0.05) is 5.69 Å². The molecule has 0 saturated heterocycles. The number of halogens is 2.